The molecular weight excluding hydrogens is 980 g/mol. The van der Waals surface area contributed by atoms with Gasteiger partial charge < -0.3 is 18.7 Å². The maximum atomic E-state index is 7.33. The lowest BCUT2D eigenvalue weighted by Crippen LogP contribution is -2.47. The van der Waals surface area contributed by atoms with Crippen molar-refractivity contribution >= 4 is 48.7 Å². The first-order chi connectivity index (χ1) is 36.2. The van der Waals surface area contributed by atoms with Gasteiger partial charge in [0, 0.05) is 17.0 Å². The normalized spacial score (nSPS) is 15.8. The summed E-state index contributed by atoms with van der Waals surface area (Å²) in [6.45, 7) is 12.6. The first kappa shape index (κ1) is 52.0. The minimum Gasteiger partial charge on any atom is -0.441 e. The summed E-state index contributed by atoms with van der Waals surface area (Å²) in [5.74, 6) is 3.28. The van der Waals surface area contributed by atoms with E-state index in [0.29, 0.717) is 34.5 Å². The van der Waals surface area contributed by atoms with E-state index in [4.69, 9.17) is 37.8 Å². The van der Waals surface area contributed by atoms with Crippen LogP contribution in [-0.2, 0) is 25.7 Å². The molecule has 376 valence electrons. The van der Waals surface area contributed by atoms with E-state index in [9.17, 15) is 0 Å². The molecule has 9 rings (SSSR count). The smallest absolute Gasteiger partial charge is 0.441 e. The molecule has 11 nitrogen and oxygen atoms in total. The highest BCUT2D eigenvalue weighted by molar-refractivity contribution is 7.84. The Balaban J connectivity index is 1.18. The number of aryl methyl sites for hydroxylation is 6. The van der Waals surface area contributed by atoms with Crippen molar-refractivity contribution in [1.29, 1.82) is 0 Å². The number of rotatable bonds is 20. The number of hydrogen-bond donors (Lipinski definition) is 1. The number of nitrogens with one attached hydrogen (secondary N) is 1. The van der Waals surface area contributed by atoms with Crippen molar-refractivity contribution in [1.82, 2.24) is 14.1 Å². The maximum absolute atomic E-state index is 7.33. The molecule has 1 saturated heterocycles. The Hall–Kier alpha value is -6.93. The van der Waals surface area contributed by atoms with Crippen LogP contribution in [0.1, 0.15) is 72.2 Å². The van der Waals surface area contributed by atoms with Gasteiger partial charge in [-0.1, -0.05) is 112 Å². The zero-order chi connectivity index (χ0) is 51.3. The Labute approximate surface area is 438 Å². The van der Waals surface area contributed by atoms with E-state index >= 15 is 0 Å². The highest BCUT2D eigenvalue weighted by atomic mass is 31.3. The van der Waals surface area contributed by atoms with Crippen LogP contribution in [0.2, 0.25) is 0 Å². The van der Waals surface area contributed by atoms with Gasteiger partial charge in [-0.05, 0) is 199 Å². The van der Waals surface area contributed by atoms with Crippen LogP contribution in [-0.4, -0.2) is 21.6 Å². The van der Waals surface area contributed by atoms with Crippen LogP contribution in [0.25, 0.3) is 0 Å². The Morgan fingerprint density at radius 1 is 0.419 bits per heavy atom. The predicted octanol–water partition coefficient (Wildman–Crippen LogP) is 17.0. The quantitative estimate of drug-likeness (QED) is 0.0591. The first-order valence-electron chi connectivity index (χ1n) is 24.9. The van der Waals surface area contributed by atoms with E-state index in [2.05, 4.69) is 119 Å². The Bertz CT molecular complexity index is 3040. The lowest BCUT2D eigenvalue weighted by atomic mass is 10.2. The minimum absolute atomic E-state index is 0.515. The summed E-state index contributed by atoms with van der Waals surface area (Å²) in [5, 5.41) is 0. The van der Waals surface area contributed by atoms with Gasteiger partial charge in [0.25, 0.3) is 0 Å². The fraction of sp³-hybridized carbons (Fsp3) is 0.167. The molecule has 0 aromatic heterocycles. The van der Waals surface area contributed by atoms with Gasteiger partial charge in [0.05, 0.1) is 11.4 Å². The van der Waals surface area contributed by atoms with Crippen molar-refractivity contribution in [2.75, 3.05) is 0 Å². The number of hydrogen-bond acceptors (Lipinski definition) is 11. The zero-order valence-corrected chi connectivity index (χ0v) is 45.2. The third kappa shape index (κ3) is 13.6. The molecule has 2 atom stereocenters. The standard InChI is InChI=1S/C60H61N5O6P3/c1-7-47-15-31-56(32-16-47)67-65-73(69-58-35-17-48(8-2)18-36-58)64(66-55-33-23-51(24-34-55)43-61-53-27-11-45(5)12-28-53)72(68-57-37-25-52(26-38-57)44-62-54-29-13-46(6)14-30-54)63-74(65,70-59-39-19-49(9-3)20-40-59)71-60-41-21-50(10-4)22-42-60/h11-44,63H,7-10H2,1-6H3/q+1. The molecular formula is C60H61N5O6P3+. The molecule has 74 heavy (non-hydrogen) atoms. The monoisotopic (exact) mass is 1040 g/mol. The average Bonchev–Trinajstić information content (AvgIpc) is 3.44. The molecule has 8 aromatic carbocycles. The van der Waals surface area contributed by atoms with Crippen molar-refractivity contribution in [2.24, 2.45) is 9.98 Å². The molecule has 0 saturated carbocycles. The van der Waals surface area contributed by atoms with E-state index in [-0.39, 0.29) is 0 Å². The second kappa shape index (κ2) is 24.9. The molecule has 0 bridgehead atoms. The average molecular weight is 1040 g/mol. The van der Waals surface area contributed by atoms with Crippen molar-refractivity contribution in [3.05, 3.63) is 239 Å². The summed E-state index contributed by atoms with van der Waals surface area (Å²) in [7, 11) is -8.18. The Morgan fingerprint density at radius 2 is 0.770 bits per heavy atom. The third-order valence-corrected chi connectivity index (χ3v) is 19.1. The number of aliphatic imine (C=N–C) groups is 2. The van der Waals surface area contributed by atoms with Crippen molar-refractivity contribution in [2.45, 2.75) is 67.2 Å². The van der Waals surface area contributed by atoms with Gasteiger partial charge in [0.1, 0.15) is 17.2 Å². The summed E-state index contributed by atoms with van der Waals surface area (Å²) in [6, 6.07) is 63.8. The first-order valence-corrected chi connectivity index (χ1v) is 28.9. The van der Waals surface area contributed by atoms with Gasteiger partial charge in [0.15, 0.2) is 21.9 Å². The molecule has 0 amide bonds. The van der Waals surface area contributed by atoms with Crippen LogP contribution in [0.4, 0.5) is 11.4 Å². The zero-order valence-electron chi connectivity index (χ0n) is 42.5. The second-order valence-electron chi connectivity index (χ2n) is 17.5. The fourth-order valence-corrected chi connectivity index (χ4v) is 15.3. The summed E-state index contributed by atoms with van der Waals surface area (Å²) in [4.78, 5) is 27.5. The molecule has 14 heteroatoms. The van der Waals surface area contributed by atoms with Gasteiger partial charge in [0.2, 0.25) is 0 Å². The Morgan fingerprint density at radius 3 is 1.19 bits per heavy atom. The molecule has 1 heterocycles. The third-order valence-electron chi connectivity index (χ3n) is 12.0. The second-order valence-corrected chi connectivity index (χ2v) is 23.2. The SMILES string of the molecule is CCc1ccc(ON2P(Oc3ccc(CC)cc3)N(Oc3ccc(C=Nc4ccc(C)cc4)cc3)P(Oc3ccc(C=Nc4ccc(C)cc4)cc3)N[P+]2(Oc2ccc(CC)cc2)Oc2ccc(CC)cc2)cc1. The predicted molar refractivity (Wildman–Crippen MR) is 304 cm³/mol. The molecule has 1 fully saturated rings. The van der Waals surface area contributed by atoms with Crippen LogP contribution in [0.3, 0.4) is 0 Å². The highest BCUT2D eigenvalue weighted by Gasteiger charge is 2.72. The largest absolute Gasteiger partial charge is 0.573 e. The molecule has 2 unspecified atom stereocenters. The Kier molecular flexibility index (Phi) is 17.5. The van der Waals surface area contributed by atoms with E-state index in [1.807, 2.05) is 134 Å². The molecule has 0 aliphatic carbocycles. The lowest BCUT2D eigenvalue weighted by molar-refractivity contribution is 0.0477. The van der Waals surface area contributed by atoms with E-state index in [1.54, 1.807) is 9.21 Å². The number of nitrogens with zero attached hydrogens (tertiary/aromatic N) is 4. The minimum atomic E-state index is -3.82. The van der Waals surface area contributed by atoms with E-state index in [0.717, 1.165) is 70.4 Å². The molecule has 0 spiro atoms. The molecule has 1 N–H and O–H groups in total. The lowest BCUT2D eigenvalue weighted by Gasteiger charge is -2.43. The molecule has 8 aromatic rings. The number of benzene rings is 8. The van der Waals surface area contributed by atoms with Crippen molar-refractivity contribution < 1.29 is 27.8 Å². The van der Waals surface area contributed by atoms with Crippen LogP contribution in [0.15, 0.2) is 204 Å². The van der Waals surface area contributed by atoms with Gasteiger partial charge >= 0.3 is 24.9 Å². The summed E-state index contributed by atoms with van der Waals surface area (Å²) >= 11 is 0. The van der Waals surface area contributed by atoms with Gasteiger partial charge in [-0.2, -0.15) is 0 Å². The van der Waals surface area contributed by atoms with Crippen molar-refractivity contribution in [3.8, 4) is 34.5 Å². The van der Waals surface area contributed by atoms with Crippen LogP contribution in [0, 0.1) is 13.8 Å². The summed E-state index contributed by atoms with van der Waals surface area (Å²) < 4.78 is 32.4. The molecule has 1 aliphatic rings. The molecule has 0 radical (unpaired) electrons. The van der Waals surface area contributed by atoms with Gasteiger partial charge in [-0.15, -0.1) is 0 Å². The molecule has 1 aliphatic heterocycles. The van der Waals surface area contributed by atoms with Gasteiger partial charge in [-0.3, -0.25) is 19.0 Å². The topological polar surface area (TPSA) is 98.6 Å². The highest BCUT2D eigenvalue weighted by Crippen LogP contribution is 2.79. The van der Waals surface area contributed by atoms with Crippen LogP contribution in [0.5, 0.6) is 34.5 Å². The fourth-order valence-electron chi connectivity index (χ4n) is 7.44. The van der Waals surface area contributed by atoms with Crippen LogP contribution < -0.4 is 32.6 Å². The van der Waals surface area contributed by atoms with Crippen LogP contribution >= 0.6 is 24.9 Å². The summed E-state index contributed by atoms with van der Waals surface area (Å²) in [6.07, 6.45) is 7.13. The maximum Gasteiger partial charge on any atom is 0.573 e. The van der Waals surface area contributed by atoms with E-state index in [1.165, 1.54) is 11.1 Å². The van der Waals surface area contributed by atoms with Gasteiger partial charge in [-0.25, -0.2) is 0 Å². The van der Waals surface area contributed by atoms with E-state index < -0.39 is 24.9 Å². The summed E-state index contributed by atoms with van der Waals surface area (Å²) in [5.41, 5.74) is 10.5. The van der Waals surface area contributed by atoms with Crippen molar-refractivity contribution in [3.63, 3.8) is 0 Å².